The third-order valence-corrected chi connectivity index (χ3v) is 6.73. The number of alkyl halides is 3. The minimum absolute atomic E-state index is 0.0750. The third-order valence-electron chi connectivity index (χ3n) is 6.73. The zero-order chi connectivity index (χ0) is 25.3. The van der Waals surface area contributed by atoms with Gasteiger partial charge in [0.1, 0.15) is 6.61 Å². The Labute approximate surface area is 199 Å². The molecule has 2 aromatic carbocycles. The monoisotopic (exact) mass is 490 g/mol. The number of carboxylic acid groups (broad SMARTS) is 1. The lowest BCUT2D eigenvalue weighted by Crippen LogP contribution is -2.47. The molecule has 3 atom stereocenters. The molecule has 2 aliphatic rings. The minimum atomic E-state index is -4.92. The van der Waals surface area contributed by atoms with Crippen LogP contribution in [0.1, 0.15) is 24.0 Å². The summed E-state index contributed by atoms with van der Waals surface area (Å²) in [7, 11) is 0. The number of carboxylic acids is 1. The zero-order valence-corrected chi connectivity index (χ0v) is 18.9. The van der Waals surface area contributed by atoms with Gasteiger partial charge in [-0.25, -0.2) is 4.79 Å². The molecule has 1 aliphatic carbocycles. The van der Waals surface area contributed by atoms with Crippen LogP contribution >= 0.6 is 0 Å². The van der Waals surface area contributed by atoms with Crippen LogP contribution in [0, 0.1) is 17.8 Å². The fourth-order valence-electron chi connectivity index (χ4n) is 4.87. The number of amides is 2. The van der Waals surface area contributed by atoms with Crippen molar-refractivity contribution in [2.24, 2.45) is 17.8 Å². The maximum Gasteiger partial charge on any atom is 0.407 e. The molecule has 35 heavy (non-hydrogen) atoms. The number of alkyl carbamates (subject to hydrolysis) is 1. The lowest BCUT2D eigenvalue weighted by Gasteiger charge is -2.25. The van der Waals surface area contributed by atoms with Crippen molar-refractivity contribution in [3.63, 3.8) is 0 Å². The van der Waals surface area contributed by atoms with Gasteiger partial charge >= 0.3 is 18.2 Å². The number of likely N-dealkylation sites (tertiary alicyclic amines) is 1. The standard InChI is InChI=1S/C25H25F3N2O5/c1-14-11-30(12-19(14)23(32)33)22(31)21(25(26,27)28)10-29-24(34)35-13-20-17-8-4-2-6-15(17)16-7-3-5-9-18(16)20/h2-9,14,19-21H,10-13H2,1H3,(H,29,34)(H,32,33)/t14-,19-,21?/m1/s1. The van der Waals surface area contributed by atoms with E-state index in [-0.39, 0.29) is 25.6 Å². The van der Waals surface area contributed by atoms with Gasteiger partial charge in [-0.2, -0.15) is 13.2 Å². The number of nitrogens with zero attached hydrogens (tertiary/aromatic N) is 1. The number of carbonyl (C=O) groups excluding carboxylic acids is 2. The van der Waals surface area contributed by atoms with E-state index in [0.717, 1.165) is 27.2 Å². The number of aliphatic carboxylic acids is 1. The van der Waals surface area contributed by atoms with Gasteiger partial charge in [0, 0.05) is 25.6 Å². The van der Waals surface area contributed by atoms with Crippen LogP contribution in [-0.4, -0.2) is 60.4 Å². The summed E-state index contributed by atoms with van der Waals surface area (Å²) in [6.07, 6.45) is -5.98. The highest BCUT2D eigenvalue weighted by Gasteiger charge is 2.49. The van der Waals surface area contributed by atoms with E-state index < -0.39 is 48.4 Å². The topological polar surface area (TPSA) is 95.9 Å². The Morgan fingerprint density at radius 3 is 2.14 bits per heavy atom. The third kappa shape index (κ3) is 4.96. The van der Waals surface area contributed by atoms with Crippen molar-refractivity contribution in [1.29, 1.82) is 0 Å². The second-order valence-corrected chi connectivity index (χ2v) is 8.97. The molecule has 7 nitrogen and oxygen atoms in total. The number of halogens is 3. The molecule has 0 saturated carbocycles. The maximum absolute atomic E-state index is 13.6. The van der Waals surface area contributed by atoms with Gasteiger partial charge in [-0.3, -0.25) is 9.59 Å². The van der Waals surface area contributed by atoms with Crippen LogP contribution in [0.5, 0.6) is 0 Å². The molecule has 0 aromatic heterocycles. The summed E-state index contributed by atoms with van der Waals surface area (Å²) in [5.41, 5.74) is 3.95. The first-order valence-electron chi connectivity index (χ1n) is 11.2. The molecule has 1 heterocycles. The first-order valence-corrected chi connectivity index (χ1v) is 11.2. The van der Waals surface area contributed by atoms with Gasteiger partial charge in [0.2, 0.25) is 5.91 Å². The predicted octanol–water partition coefficient (Wildman–Crippen LogP) is 3.88. The summed E-state index contributed by atoms with van der Waals surface area (Å²) in [5, 5.41) is 11.3. The Morgan fingerprint density at radius 2 is 1.63 bits per heavy atom. The van der Waals surface area contributed by atoms with E-state index in [9.17, 15) is 32.7 Å². The molecule has 1 aliphatic heterocycles. The van der Waals surface area contributed by atoms with Crippen molar-refractivity contribution >= 4 is 18.0 Å². The quantitative estimate of drug-likeness (QED) is 0.641. The molecule has 0 spiro atoms. The molecule has 10 heteroatoms. The van der Waals surface area contributed by atoms with Crippen molar-refractivity contribution in [2.45, 2.75) is 19.0 Å². The summed E-state index contributed by atoms with van der Waals surface area (Å²) >= 11 is 0. The SMILES string of the molecule is C[C@@H]1CN(C(=O)C(CNC(=O)OCC2c3ccccc3-c3ccccc32)C(F)(F)F)C[C@H]1C(=O)O. The molecule has 2 aromatic rings. The Balaban J connectivity index is 1.38. The minimum Gasteiger partial charge on any atom is -0.481 e. The molecule has 4 rings (SSSR count). The predicted molar refractivity (Wildman–Crippen MR) is 119 cm³/mol. The number of fused-ring (bicyclic) bond motifs is 3. The molecular formula is C25H25F3N2O5. The number of carbonyl (C=O) groups is 3. The van der Waals surface area contributed by atoms with Gasteiger partial charge in [0.25, 0.3) is 0 Å². The largest absolute Gasteiger partial charge is 0.481 e. The van der Waals surface area contributed by atoms with Gasteiger partial charge in [-0.15, -0.1) is 0 Å². The van der Waals surface area contributed by atoms with Crippen molar-refractivity contribution < 1.29 is 37.4 Å². The highest BCUT2D eigenvalue weighted by Crippen LogP contribution is 2.44. The van der Waals surface area contributed by atoms with Crippen LogP contribution in [0.25, 0.3) is 11.1 Å². The molecule has 0 radical (unpaired) electrons. The van der Waals surface area contributed by atoms with Crippen LogP contribution in [0.15, 0.2) is 48.5 Å². The average molecular weight is 490 g/mol. The normalized spacial score (nSPS) is 20.2. The lowest BCUT2D eigenvalue weighted by atomic mass is 9.98. The smallest absolute Gasteiger partial charge is 0.407 e. The first-order chi connectivity index (χ1) is 16.6. The van der Waals surface area contributed by atoms with Gasteiger partial charge < -0.3 is 20.1 Å². The van der Waals surface area contributed by atoms with Crippen molar-refractivity contribution in [3.05, 3.63) is 59.7 Å². The van der Waals surface area contributed by atoms with Crippen LogP contribution in [0.2, 0.25) is 0 Å². The van der Waals surface area contributed by atoms with E-state index in [1.807, 2.05) is 48.5 Å². The summed E-state index contributed by atoms with van der Waals surface area (Å²) in [6.45, 7) is 0.111. The van der Waals surface area contributed by atoms with Crippen LogP contribution < -0.4 is 5.32 Å². The van der Waals surface area contributed by atoms with Crippen LogP contribution in [0.4, 0.5) is 18.0 Å². The fourth-order valence-corrected chi connectivity index (χ4v) is 4.87. The highest BCUT2D eigenvalue weighted by molar-refractivity contribution is 5.82. The Morgan fingerprint density at radius 1 is 1.06 bits per heavy atom. The number of benzene rings is 2. The summed E-state index contributed by atoms with van der Waals surface area (Å²) < 4.78 is 46.2. The van der Waals surface area contributed by atoms with Crippen LogP contribution in [-0.2, 0) is 14.3 Å². The first kappa shape index (κ1) is 24.6. The summed E-state index contributed by atoms with van der Waals surface area (Å²) in [6, 6.07) is 15.3. The van der Waals surface area contributed by atoms with E-state index in [2.05, 4.69) is 5.32 Å². The zero-order valence-electron chi connectivity index (χ0n) is 18.9. The molecule has 0 bridgehead atoms. The Bertz CT molecular complexity index is 1090. The number of nitrogens with one attached hydrogen (secondary N) is 1. The van der Waals surface area contributed by atoms with Gasteiger partial charge in [-0.1, -0.05) is 55.5 Å². The van der Waals surface area contributed by atoms with E-state index in [1.54, 1.807) is 6.92 Å². The number of hydrogen-bond donors (Lipinski definition) is 2. The van der Waals surface area contributed by atoms with Crippen molar-refractivity contribution in [2.75, 3.05) is 26.2 Å². The van der Waals surface area contributed by atoms with E-state index in [1.165, 1.54) is 0 Å². The fraction of sp³-hybridized carbons (Fsp3) is 0.400. The van der Waals surface area contributed by atoms with Gasteiger partial charge in [0.15, 0.2) is 5.92 Å². The maximum atomic E-state index is 13.6. The summed E-state index contributed by atoms with van der Waals surface area (Å²) in [5.74, 6) is -6.57. The molecule has 186 valence electrons. The second-order valence-electron chi connectivity index (χ2n) is 8.97. The van der Waals surface area contributed by atoms with Gasteiger partial charge in [-0.05, 0) is 28.2 Å². The molecular weight excluding hydrogens is 465 g/mol. The molecule has 2 amide bonds. The highest BCUT2D eigenvalue weighted by atomic mass is 19.4. The van der Waals surface area contributed by atoms with Gasteiger partial charge in [0.05, 0.1) is 5.92 Å². The Hall–Kier alpha value is -3.56. The number of ether oxygens (including phenoxy) is 1. The van der Waals surface area contributed by atoms with E-state index in [4.69, 9.17) is 4.74 Å². The van der Waals surface area contributed by atoms with Crippen LogP contribution in [0.3, 0.4) is 0 Å². The molecule has 1 fully saturated rings. The van der Waals surface area contributed by atoms with Crippen molar-refractivity contribution in [1.82, 2.24) is 10.2 Å². The van der Waals surface area contributed by atoms with E-state index in [0.29, 0.717) is 0 Å². The van der Waals surface area contributed by atoms with E-state index >= 15 is 0 Å². The lowest BCUT2D eigenvalue weighted by molar-refractivity contribution is -0.187. The summed E-state index contributed by atoms with van der Waals surface area (Å²) in [4.78, 5) is 37.0. The number of hydrogen-bond acceptors (Lipinski definition) is 4. The second kappa shape index (κ2) is 9.59. The van der Waals surface area contributed by atoms with Crippen molar-refractivity contribution in [3.8, 4) is 11.1 Å². The molecule has 1 unspecified atom stereocenters. The number of rotatable bonds is 6. The molecule has 1 saturated heterocycles. The molecule has 2 N–H and O–H groups in total. The average Bonchev–Trinajstić information content (AvgIpc) is 3.35. The Kier molecular flexibility index (Phi) is 6.73.